The highest BCUT2D eigenvalue weighted by Crippen LogP contribution is 2.19. The van der Waals surface area contributed by atoms with Crippen LogP contribution in [-0.2, 0) is 6.54 Å². The molecule has 0 unspecified atom stereocenters. The molecule has 1 heterocycles. The minimum absolute atomic E-state index is 0.306. The van der Waals surface area contributed by atoms with Crippen molar-refractivity contribution in [3.63, 3.8) is 0 Å². The van der Waals surface area contributed by atoms with Gasteiger partial charge in [0.2, 0.25) is 0 Å². The van der Waals surface area contributed by atoms with Crippen molar-refractivity contribution in [2.24, 2.45) is 0 Å². The number of nitrogens with zero attached hydrogens (tertiary/aromatic N) is 2. The van der Waals surface area contributed by atoms with E-state index >= 15 is 0 Å². The maximum Gasteiger partial charge on any atom is 0.171 e. The Hall–Kier alpha value is -2.40. The van der Waals surface area contributed by atoms with E-state index in [2.05, 4.69) is 72.0 Å². The topological polar surface area (TPSA) is 41.9 Å². The van der Waals surface area contributed by atoms with E-state index in [-0.39, 0.29) is 0 Å². The zero-order valence-electron chi connectivity index (χ0n) is 13.3. The quantitative estimate of drug-likeness (QED) is 0.717. The van der Waals surface area contributed by atoms with Crippen molar-refractivity contribution in [1.82, 2.24) is 15.1 Å². The Morgan fingerprint density at radius 3 is 2.78 bits per heavy atom. The summed E-state index contributed by atoms with van der Waals surface area (Å²) in [6.45, 7) is 4.84. The molecule has 0 radical (unpaired) electrons. The second-order valence-electron chi connectivity index (χ2n) is 5.82. The first kappa shape index (κ1) is 15.5. The summed E-state index contributed by atoms with van der Waals surface area (Å²) in [5.41, 5.74) is 2.14. The van der Waals surface area contributed by atoms with Gasteiger partial charge in [-0.3, -0.25) is 4.68 Å². The van der Waals surface area contributed by atoms with Crippen LogP contribution in [0.2, 0.25) is 0 Å². The van der Waals surface area contributed by atoms with Crippen LogP contribution in [0.1, 0.15) is 19.4 Å². The fourth-order valence-corrected chi connectivity index (χ4v) is 2.90. The fourth-order valence-electron chi connectivity index (χ4n) is 2.55. The van der Waals surface area contributed by atoms with Gasteiger partial charge in [0.1, 0.15) is 0 Å². The third-order valence-electron chi connectivity index (χ3n) is 3.52. The summed E-state index contributed by atoms with van der Waals surface area (Å²) in [7, 11) is 0. The molecule has 2 N–H and O–H groups in total. The summed E-state index contributed by atoms with van der Waals surface area (Å²) >= 11 is 5.26. The Labute approximate surface area is 141 Å². The maximum atomic E-state index is 5.26. The average Bonchev–Trinajstić information content (AvgIpc) is 2.94. The minimum Gasteiger partial charge on any atom is -0.360 e. The maximum absolute atomic E-state index is 5.26. The van der Waals surface area contributed by atoms with Gasteiger partial charge in [-0.1, -0.05) is 42.5 Å². The lowest BCUT2D eigenvalue weighted by Crippen LogP contribution is -2.33. The lowest BCUT2D eigenvalue weighted by atomic mass is 10.0. The Bertz CT molecular complexity index is 817. The SMILES string of the molecule is CC(C)NC(=S)Nc1cnn(Cc2cccc3ccccc23)c1. The summed E-state index contributed by atoms with van der Waals surface area (Å²) in [4.78, 5) is 0. The second-order valence-corrected chi connectivity index (χ2v) is 6.23. The van der Waals surface area contributed by atoms with Crippen LogP contribution >= 0.6 is 12.2 Å². The van der Waals surface area contributed by atoms with Gasteiger partial charge in [0.05, 0.1) is 18.4 Å². The molecule has 0 atom stereocenters. The van der Waals surface area contributed by atoms with Gasteiger partial charge < -0.3 is 10.6 Å². The second kappa shape index (κ2) is 6.79. The van der Waals surface area contributed by atoms with Crippen LogP contribution in [-0.4, -0.2) is 20.9 Å². The number of hydrogen-bond acceptors (Lipinski definition) is 2. The van der Waals surface area contributed by atoms with Crippen molar-refractivity contribution in [2.45, 2.75) is 26.4 Å². The molecule has 0 fully saturated rings. The molecule has 3 aromatic rings. The molecule has 0 spiro atoms. The smallest absolute Gasteiger partial charge is 0.171 e. The number of nitrogens with one attached hydrogen (secondary N) is 2. The summed E-state index contributed by atoms with van der Waals surface area (Å²) in [6.07, 6.45) is 3.76. The van der Waals surface area contributed by atoms with E-state index in [1.807, 2.05) is 10.9 Å². The molecule has 0 saturated heterocycles. The first-order valence-corrected chi connectivity index (χ1v) is 8.09. The van der Waals surface area contributed by atoms with Crippen LogP contribution in [0.3, 0.4) is 0 Å². The van der Waals surface area contributed by atoms with Crippen LogP contribution in [0, 0.1) is 0 Å². The highest BCUT2D eigenvalue weighted by Gasteiger charge is 2.05. The van der Waals surface area contributed by atoms with Crippen molar-refractivity contribution in [3.05, 3.63) is 60.4 Å². The third kappa shape index (κ3) is 3.87. The van der Waals surface area contributed by atoms with Crippen LogP contribution in [0.5, 0.6) is 0 Å². The number of hydrogen-bond donors (Lipinski definition) is 2. The summed E-state index contributed by atoms with van der Waals surface area (Å²) in [5.74, 6) is 0. The predicted molar refractivity (Wildman–Crippen MR) is 99.8 cm³/mol. The number of aromatic nitrogens is 2. The molecule has 0 aliphatic rings. The normalized spacial score (nSPS) is 10.9. The lowest BCUT2D eigenvalue weighted by molar-refractivity contribution is 0.690. The van der Waals surface area contributed by atoms with Crippen LogP contribution < -0.4 is 10.6 Å². The van der Waals surface area contributed by atoms with E-state index in [1.54, 1.807) is 6.20 Å². The van der Waals surface area contributed by atoms with Crippen molar-refractivity contribution >= 4 is 33.8 Å². The Kier molecular flexibility index (Phi) is 4.57. The molecule has 0 aliphatic carbocycles. The Balaban J connectivity index is 1.75. The first-order chi connectivity index (χ1) is 11.1. The molecule has 0 amide bonds. The number of benzene rings is 2. The van der Waals surface area contributed by atoms with Gasteiger partial charge in [-0.15, -0.1) is 0 Å². The van der Waals surface area contributed by atoms with Crippen LogP contribution in [0.15, 0.2) is 54.9 Å². The number of anilines is 1. The van der Waals surface area contributed by atoms with Crippen molar-refractivity contribution in [1.29, 1.82) is 0 Å². The van der Waals surface area contributed by atoms with Gasteiger partial charge in [0.15, 0.2) is 5.11 Å². The molecule has 4 nitrogen and oxygen atoms in total. The molecule has 0 saturated carbocycles. The highest BCUT2D eigenvalue weighted by atomic mass is 32.1. The van der Waals surface area contributed by atoms with E-state index in [4.69, 9.17) is 12.2 Å². The number of fused-ring (bicyclic) bond motifs is 1. The molecule has 0 aliphatic heterocycles. The van der Waals surface area contributed by atoms with Crippen molar-refractivity contribution in [2.75, 3.05) is 5.32 Å². The Morgan fingerprint density at radius 1 is 1.17 bits per heavy atom. The van der Waals surface area contributed by atoms with E-state index in [1.165, 1.54) is 16.3 Å². The van der Waals surface area contributed by atoms with Gasteiger partial charge in [0.25, 0.3) is 0 Å². The fraction of sp³-hybridized carbons (Fsp3) is 0.222. The lowest BCUT2D eigenvalue weighted by Gasteiger charge is -2.11. The summed E-state index contributed by atoms with van der Waals surface area (Å²) in [5, 5.41) is 13.9. The summed E-state index contributed by atoms with van der Waals surface area (Å²) < 4.78 is 1.92. The van der Waals surface area contributed by atoms with Gasteiger partial charge in [-0.25, -0.2) is 0 Å². The zero-order valence-corrected chi connectivity index (χ0v) is 14.1. The predicted octanol–water partition coefficient (Wildman–Crippen LogP) is 3.78. The zero-order chi connectivity index (χ0) is 16.2. The van der Waals surface area contributed by atoms with E-state index in [9.17, 15) is 0 Å². The highest BCUT2D eigenvalue weighted by molar-refractivity contribution is 7.80. The minimum atomic E-state index is 0.306. The van der Waals surface area contributed by atoms with Crippen LogP contribution in [0.25, 0.3) is 10.8 Å². The van der Waals surface area contributed by atoms with Gasteiger partial charge in [-0.05, 0) is 42.4 Å². The number of rotatable bonds is 4. The van der Waals surface area contributed by atoms with Crippen molar-refractivity contribution in [3.8, 4) is 0 Å². The average molecular weight is 324 g/mol. The molecular formula is C18H20N4S. The van der Waals surface area contributed by atoms with Gasteiger partial charge in [-0.2, -0.15) is 5.10 Å². The molecule has 3 rings (SSSR count). The van der Waals surface area contributed by atoms with Gasteiger partial charge in [0, 0.05) is 12.2 Å². The molecule has 0 bridgehead atoms. The van der Waals surface area contributed by atoms with E-state index in [0.717, 1.165) is 12.2 Å². The first-order valence-electron chi connectivity index (χ1n) is 7.68. The number of thiocarbonyl (C=S) groups is 1. The Morgan fingerprint density at radius 2 is 1.96 bits per heavy atom. The molecule has 2 aromatic carbocycles. The molecule has 118 valence electrons. The van der Waals surface area contributed by atoms with E-state index < -0.39 is 0 Å². The van der Waals surface area contributed by atoms with E-state index in [0.29, 0.717) is 11.2 Å². The van der Waals surface area contributed by atoms with Crippen molar-refractivity contribution < 1.29 is 0 Å². The molecule has 5 heteroatoms. The molecule has 1 aromatic heterocycles. The van der Waals surface area contributed by atoms with Crippen LogP contribution in [0.4, 0.5) is 5.69 Å². The monoisotopic (exact) mass is 324 g/mol. The molecule has 23 heavy (non-hydrogen) atoms. The summed E-state index contributed by atoms with van der Waals surface area (Å²) in [6, 6.07) is 15.1. The standard InChI is InChI=1S/C18H20N4S/c1-13(2)20-18(23)21-16-10-19-22(12-16)11-15-8-5-7-14-6-3-4-9-17(14)15/h3-10,12-13H,11H2,1-2H3,(H2,20,21,23). The third-order valence-corrected chi connectivity index (χ3v) is 3.74. The van der Waals surface area contributed by atoms with Gasteiger partial charge >= 0.3 is 0 Å². The molecular weight excluding hydrogens is 304 g/mol. The largest absolute Gasteiger partial charge is 0.360 e.